The summed E-state index contributed by atoms with van der Waals surface area (Å²) in [5, 5.41) is 1.25. The minimum absolute atomic E-state index is 0.583. The number of rotatable bonds is 8. The molecule has 1 atom stereocenters. The molecule has 1 unspecified atom stereocenters. The van der Waals surface area contributed by atoms with Crippen LogP contribution in [0.5, 0.6) is 5.75 Å². The Morgan fingerprint density at radius 3 is 2.64 bits per heavy atom. The molecule has 3 nitrogen and oxygen atoms in total. The van der Waals surface area contributed by atoms with E-state index in [-0.39, 0.29) is 0 Å². The Bertz CT molecular complexity index is 586. The number of hydrogen-bond donors (Lipinski definition) is 1. The molecule has 1 aromatic heterocycles. The van der Waals surface area contributed by atoms with Crippen molar-refractivity contribution in [3.05, 3.63) is 30.0 Å². The zero-order chi connectivity index (χ0) is 16.1. The summed E-state index contributed by atoms with van der Waals surface area (Å²) in [5.41, 5.74) is 2.51. The van der Waals surface area contributed by atoms with Crippen LogP contribution >= 0.6 is 0 Å². The summed E-state index contributed by atoms with van der Waals surface area (Å²) in [6.45, 7) is 8.64. The summed E-state index contributed by atoms with van der Waals surface area (Å²) >= 11 is 0. The van der Waals surface area contributed by atoms with Gasteiger partial charge in [-0.3, -0.25) is 0 Å². The van der Waals surface area contributed by atoms with Crippen molar-refractivity contribution in [3.63, 3.8) is 0 Å². The second kappa shape index (κ2) is 7.68. The fourth-order valence-corrected chi connectivity index (χ4v) is 2.99. The number of likely N-dealkylation sites (N-methyl/N-ethyl adjacent to an activating group) is 1. The summed E-state index contributed by atoms with van der Waals surface area (Å²) in [4.78, 5) is 5.59. The molecule has 3 heteroatoms. The van der Waals surface area contributed by atoms with Crippen LogP contribution in [0.1, 0.15) is 32.8 Å². The highest BCUT2D eigenvalue weighted by atomic mass is 16.5. The van der Waals surface area contributed by atoms with Crippen molar-refractivity contribution in [2.45, 2.75) is 33.6 Å². The first-order valence-corrected chi connectivity index (χ1v) is 8.34. The number of benzene rings is 1. The predicted molar refractivity (Wildman–Crippen MR) is 94.7 cm³/mol. The molecule has 0 saturated heterocycles. The van der Waals surface area contributed by atoms with Crippen molar-refractivity contribution < 1.29 is 4.74 Å². The molecule has 22 heavy (non-hydrogen) atoms. The van der Waals surface area contributed by atoms with E-state index in [4.69, 9.17) is 4.74 Å². The first-order valence-electron chi connectivity index (χ1n) is 8.34. The highest BCUT2D eigenvalue weighted by Crippen LogP contribution is 2.29. The van der Waals surface area contributed by atoms with Gasteiger partial charge in [-0.15, -0.1) is 0 Å². The lowest BCUT2D eigenvalue weighted by Crippen LogP contribution is -2.15. The first-order chi connectivity index (χ1) is 10.5. The van der Waals surface area contributed by atoms with Crippen LogP contribution < -0.4 is 4.74 Å². The highest BCUT2D eigenvalue weighted by molar-refractivity contribution is 5.89. The number of aromatic amines is 1. The van der Waals surface area contributed by atoms with Crippen LogP contribution in [0.15, 0.2) is 24.4 Å². The van der Waals surface area contributed by atoms with E-state index >= 15 is 0 Å². The van der Waals surface area contributed by atoms with Gasteiger partial charge in [-0.05, 0) is 56.5 Å². The molecule has 2 aromatic rings. The van der Waals surface area contributed by atoms with Gasteiger partial charge in [0.1, 0.15) is 5.75 Å². The fraction of sp³-hybridized carbons (Fsp3) is 0.579. The monoisotopic (exact) mass is 302 g/mol. The Balaban J connectivity index is 2.13. The van der Waals surface area contributed by atoms with E-state index in [2.05, 4.69) is 69.1 Å². The average molecular weight is 302 g/mol. The second-order valence-corrected chi connectivity index (χ2v) is 7.09. The standard InChI is InChI=1S/C19H30N2O/c1-14(2)11-15(3)13-22-18-8-6-7-17-19(18)16(12-20-17)9-10-21(4)5/h6-8,12,14-15,20H,9-11,13H2,1-5H3. The fourth-order valence-electron chi connectivity index (χ4n) is 2.99. The number of ether oxygens (including phenoxy) is 1. The topological polar surface area (TPSA) is 28.3 Å². The van der Waals surface area contributed by atoms with Crippen molar-refractivity contribution in [2.75, 3.05) is 27.2 Å². The van der Waals surface area contributed by atoms with Crippen molar-refractivity contribution in [2.24, 2.45) is 11.8 Å². The summed E-state index contributed by atoms with van der Waals surface area (Å²) in [6, 6.07) is 6.29. The van der Waals surface area contributed by atoms with E-state index < -0.39 is 0 Å². The molecule has 0 radical (unpaired) electrons. The van der Waals surface area contributed by atoms with Crippen LogP contribution in [0.25, 0.3) is 10.9 Å². The molecule has 1 heterocycles. The van der Waals surface area contributed by atoms with Crippen molar-refractivity contribution in [1.29, 1.82) is 0 Å². The third-order valence-corrected chi connectivity index (χ3v) is 3.97. The third kappa shape index (κ3) is 4.51. The SMILES string of the molecule is CC(C)CC(C)COc1cccc2[nH]cc(CCN(C)C)c12. The van der Waals surface area contributed by atoms with Gasteiger partial charge in [-0.1, -0.05) is 26.8 Å². The van der Waals surface area contributed by atoms with Crippen LogP contribution in [0.2, 0.25) is 0 Å². The van der Waals surface area contributed by atoms with Gasteiger partial charge in [0.05, 0.1) is 6.61 Å². The number of nitrogens with zero attached hydrogens (tertiary/aromatic N) is 1. The number of fused-ring (bicyclic) bond motifs is 1. The van der Waals surface area contributed by atoms with Crippen molar-refractivity contribution >= 4 is 10.9 Å². The highest BCUT2D eigenvalue weighted by Gasteiger charge is 2.12. The molecule has 0 spiro atoms. The Morgan fingerprint density at radius 1 is 1.18 bits per heavy atom. The molecule has 1 aromatic carbocycles. The molecule has 122 valence electrons. The molecule has 2 rings (SSSR count). The Hall–Kier alpha value is -1.48. The lowest BCUT2D eigenvalue weighted by molar-refractivity contribution is 0.241. The van der Waals surface area contributed by atoms with E-state index in [1.807, 2.05) is 0 Å². The number of H-pyrrole nitrogens is 1. The van der Waals surface area contributed by atoms with Crippen LogP contribution in [0.4, 0.5) is 0 Å². The maximum atomic E-state index is 6.15. The quantitative estimate of drug-likeness (QED) is 0.786. The first kappa shape index (κ1) is 16.9. The van der Waals surface area contributed by atoms with E-state index in [0.29, 0.717) is 5.92 Å². The van der Waals surface area contributed by atoms with E-state index in [9.17, 15) is 0 Å². The largest absolute Gasteiger partial charge is 0.493 e. The summed E-state index contributed by atoms with van der Waals surface area (Å²) in [6.07, 6.45) is 4.37. The summed E-state index contributed by atoms with van der Waals surface area (Å²) in [7, 11) is 4.22. The normalized spacial score (nSPS) is 13.2. The summed E-state index contributed by atoms with van der Waals surface area (Å²) in [5.74, 6) is 2.32. The van der Waals surface area contributed by atoms with Crippen molar-refractivity contribution in [1.82, 2.24) is 9.88 Å². The molecule has 0 aliphatic carbocycles. The van der Waals surface area contributed by atoms with Gasteiger partial charge < -0.3 is 14.6 Å². The molecule has 0 fully saturated rings. The molecule has 1 N–H and O–H groups in total. The summed E-state index contributed by atoms with van der Waals surface area (Å²) < 4.78 is 6.15. The third-order valence-electron chi connectivity index (χ3n) is 3.97. The number of aromatic nitrogens is 1. The number of nitrogens with one attached hydrogen (secondary N) is 1. The lowest BCUT2D eigenvalue weighted by atomic mass is 10.00. The predicted octanol–water partition coefficient (Wildman–Crippen LogP) is 4.33. The number of hydrogen-bond acceptors (Lipinski definition) is 2. The van der Waals surface area contributed by atoms with Crippen LogP contribution in [0, 0.1) is 11.8 Å². The van der Waals surface area contributed by atoms with Crippen LogP contribution in [0.3, 0.4) is 0 Å². The molecular formula is C19H30N2O. The zero-order valence-electron chi connectivity index (χ0n) is 14.6. The Kier molecular flexibility index (Phi) is 5.90. The van der Waals surface area contributed by atoms with E-state index in [0.717, 1.165) is 31.2 Å². The van der Waals surface area contributed by atoms with Crippen LogP contribution in [-0.2, 0) is 6.42 Å². The van der Waals surface area contributed by atoms with Gasteiger partial charge in [0.2, 0.25) is 0 Å². The zero-order valence-corrected chi connectivity index (χ0v) is 14.6. The minimum Gasteiger partial charge on any atom is -0.493 e. The lowest BCUT2D eigenvalue weighted by Gasteiger charge is -2.16. The van der Waals surface area contributed by atoms with Crippen LogP contribution in [-0.4, -0.2) is 37.1 Å². The molecule has 0 aliphatic rings. The second-order valence-electron chi connectivity index (χ2n) is 7.09. The maximum Gasteiger partial charge on any atom is 0.128 e. The molecular weight excluding hydrogens is 272 g/mol. The van der Waals surface area contributed by atoms with E-state index in [1.54, 1.807) is 0 Å². The molecule has 0 amide bonds. The molecule has 0 bridgehead atoms. The minimum atomic E-state index is 0.583. The van der Waals surface area contributed by atoms with Gasteiger partial charge in [0.25, 0.3) is 0 Å². The van der Waals surface area contributed by atoms with Gasteiger partial charge in [0, 0.05) is 23.6 Å². The van der Waals surface area contributed by atoms with E-state index in [1.165, 1.54) is 22.9 Å². The van der Waals surface area contributed by atoms with Gasteiger partial charge >= 0.3 is 0 Å². The van der Waals surface area contributed by atoms with Gasteiger partial charge in [-0.2, -0.15) is 0 Å². The Morgan fingerprint density at radius 2 is 1.95 bits per heavy atom. The Labute approximate surface area is 134 Å². The maximum absolute atomic E-state index is 6.15. The molecule has 0 aliphatic heterocycles. The smallest absolute Gasteiger partial charge is 0.128 e. The van der Waals surface area contributed by atoms with Crippen molar-refractivity contribution in [3.8, 4) is 5.75 Å². The average Bonchev–Trinajstić information content (AvgIpc) is 2.86. The molecule has 0 saturated carbocycles. The van der Waals surface area contributed by atoms with Gasteiger partial charge in [0.15, 0.2) is 0 Å². The van der Waals surface area contributed by atoms with Gasteiger partial charge in [-0.25, -0.2) is 0 Å².